The summed E-state index contributed by atoms with van der Waals surface area (Å²) in [6.45, 7) is 3.16. The number of aromatic nitrogens is 2. The molecule has 0 aliphatic carbocycles. The Morgan fingerprint density at radius 2 is 1.81 bits per heavy atom. The summed E-state index contributed by atoms with van der Waals surface area (Å²) in [7, 11) is 0. The molecule has 5 heteroatoms. The van der Waals surface area contributed by atoms with Gasteiger partial charge in [0, 0.05) is 33.6 Å². The fourth-order valence-electron chi connectivity index (χ4n) is 3.37. The van der Waals surface area contributed by atoms with Crippen LogP contribution < -0.4 is 0 Å². The van der Waals surface area contributed by atoms with Gasteiger partial charge in [-0.1, -0.05) is 60.8 Å². The van der Waals surface area contributed by atoms with Crippen molar-refractivity contribution in [1.82, 2.24) is 9.55 Å². The first kappa shape index (κ1) is 20.3. The molecule has 1 unspecified atom stereocenters. The molecule has 142 valence electrons. The van der Waals surface area contributed by atoms with Crippen LogP contribution in [0.15, 0.2) is 72.1 Å². The van der Waals surface area contributed by atoms with Crippen molar-refractivity contribution >= 4 is 35.0 Å². The number of thioether (sulfide) groups is 1. The highest BCUT2D eigenvalue weighted by molar-refractivity contribution is 8.00. The van der Waals surface area contributed by atoms with Gasteiger partial charge in [0.15, 0.2) is 0 Å². The van der Waals surface area contributed by atoms with E-state index in [4.69, 9.17) is 23.2 Å². The lowest BCUT2D eigenvalue weighted by atomic mass is 9.94. The summed E-state index contributed by atoms with van der Waals surface area (Å²) < 4.78 is 2.22. The first-order valence-electron chi connectivity index (χ1n) is 9.24. The maximum atomic E-state index is 6.49. The van der Waals surface area contributed by atoms with Crippen LogP contribution in [-0.4, -0.2) is 14.3 Å². The molecule has 0 radical (unpaired) electrons. The third kappa shape index (κ3) is 5.78. The zero-order valence-electron chi connectivity index (χ0n) is 15.4. The predicted octanol–water partition coefficient (Wildman–Crippen LogP) is 7.15. The molecule has 0 fully saturated rings. The van der Waals surface area contributed by atoms with Gasteiger partial charge in [0.05, 0.1) is 11.3 Å². The van der Waals surface area contributed by atoms with Gasteiger partial charge in [-0.15, -0.1) is 11.8 Å². The molecule has 3 aromatic rings. The van der Waals surface area contributed by atoms with E-state index in [1.807, 2.05) is 54.7 Å². The molecule has 1 atom stereocenters. The van der Waals surface area contributed by atoms with Crippen LogP contribution in [0.25, 0.3) is 0 Å². The molecular weight excluding hydrogens is 395 g/mol. The number of imidazole rings is 1. The summed E-state index contributed by atoms with van der Waals surface area (Å²) >= 11 is 14.4. The van der Waals surface area contributed by atoms with Crippen LogP contribution in [0.3, 0.4) is 0 Å². The molecule has 0 saturated heterocycles. The fraction of sp³-hybridized carbons (Fsp3) is 0.318. The molecule has 0 spiro atoms. The van der Waals surface area contributed by atoms with Crippen molar-refractivity contribution in [2.45, 2.75) is 48.8 Å². The van der Waals surface area contributed by atoms with E-state index in [0.29, 0.717) is 0 Å². The number of benzene rings is 2. The minimum absolute atomic E-state index is 0.0417. The fourth-order valence-corrected chi connectivity index (χ4v) is 5.25. The van der Waals surface area contributed by atoms with E-state index in [-0.39, 0.29) is 4.75 Å². The normalized spacial score (nSPS) is 13.4. The number of halogens is 2. The van der Waals surface area contributed by atoms with Gasteiger partial charge in [-0.05, 0) is 49.1 Å². The molecule has 0 N–H and O–H groups in total. The summed E-state index contributed by atoms with van der Waals surface area (Å²) in [4.78, 5) is 5.37. The van der Waals surface area contributed by atoms with Crippen LogP contribution in [0.2, 0.25) is 10.0 Å². The number of rotatable bonds is 9. The smallest absolute Gasteiger partial charge is 0.0946 e. The molecule has 1 heterocycles. The van der Waals surface area contributed by atoms with Gasteiger partial charge in [0.2, 0.25) is 0 Å². The van der Waals surface area contributed by atoms with E-state index in [0.717, 1.165) is 47.2 Å². The molecule has 0 saturated carbocycles. The van der Waals surface area contributed by atoms with Gasteiger partial charge < -0.3 is 4.57 Å². The molecule has 2 aromatic carbocycles. The lowest BCUT2D eigenvalue weighted by Crippen LogP contribution is -2.31. The average molecular weight is 419 g/mol. The maximum Gasteiger partial charge on any atom is 0.0946 e. The Labute approximate surface area is 175 Å². The Kier molecular flexibility index (Phi) is 7.28. The molecule has 0 bridgehead atoms. The van der Waals surface area contributed by atoms with E-state index >= 15 is 0 Å². The van der Waals surface area contributed by atoms with Crippen LogP contribution in [0.1, 0.15) is 31.7 Å². The highest BCUT2D eigenvalue weighted by Crippen LogP contribution is 2.44. The average Bonchev–Trinajstić information content (AvgIpc) is 3.16. The van der Waals surface area contributed by atoms with Gasteiger partial charge >= 0.3 is 0 Å². The van der Waals surface area contributed by atoms with Crippen molar-refractivity contribution in [3.63, 3.8) is 0 Å². The van der Waals surface area contributed by atoms with Gasteiger partial charge in [0.25, 0.3) is 0 Å². The lowest BCUT2D eigenvalue weighted by Gasteiger charge is -2.34. The highest BCUT2D eigenvalue weighted by atomic mass is 35.5. The second-order valence-electron chi connectivity index (χ2n) is 6.83. The number of hydrogen-bond acceptors (Lipinski definition) is 2. The van der Waals surface area contributed by atoms with Crippen LogP contribution in [0, 0.1) is 0 Å². The van der Waals surface area contributed by atoms with E-state index in [2.05, 4.69) is 40.7 Å². The molecule has 0 aliphatic heterocycles. The molecule has 1 aromatic heterocycles. The first-order chi connectivity index (χ1) is 13.1. The second kappa shape index (κ2) is 9.68. The van der Waals surface area contributed by atoms with Crippen LogP contribution >= 0.6 is 35.0 Å². The van der Waals surface area contributed by atoms with Crippen molar-refractivity contribution in [3.8, 4) is 0 Å². The summed E-state index contributed by atoms with van der Waals surface area (Å²) in [5.41, 5.74) is 1.31. The number of aryl methyl sites for hydroxylation is 1. The molecule has 0 aliphatic rings. The minimum Gasteiger partial charge on any atom is -0.336 e. The van der Waals surface area contributed by atoms with Crippen LogP contribution in [-0.2, 0) is 13.0 Å². The lowest BCUT2D eigenvalue weighted by molar-refractivity contribution is 0.429. The predicted molar refractivity (Wildman–Crippen MR) is 117 cm³/mol. The molecule has 3 rings (SSSR count). The van der Waals surface area contributed by atoms with E-state index < -0.39 is 0 Å². The van der Waals surface area contributed by atoms with Gasteiger partial charge in [-0.2, -0.15) is 0 Å². The SMILES string of the molecule is CCCC(CCc1ccc(Cl)cc1)(Cn1ccnc1)Sc1ccccc1Cl. The minimum atomic E-state index is 0.0417. The first-order valence-corrected chi connectivity index (χ1v) is 10.8. The third-order valence-electron chi connectivity index (χ3n) is 4.68. The van der Waals surface area contributed by atoms with Gasteiger partial charge in [-0.3, -0.25) is 0 Å². The van der Waals surface area contributed by atoms with Crippen molar-refractivity contribution < 1.29 is 0 Å². The number of hydrogen-bond donors (Lipinski definition) is 0. The Morgan fingerprint density at radius 3 is 2.48 bits per heavy atom. The summed E-state index contributed by atoms with van der Waals surface area (Å²) in [6, 6.07) is 16.3. The second-order valence-corrected chi connectivity index (χ2v) is 9.18. The van der Waals surface area contributed by atoms with Crippen molar-refractivity contribution in [2.75, 3.05) is 0 Å². The van der Waals surface area contributed by atoms with Crippen molar-refractivity contribution in [1.29, 1.82) is 0 Å². The Balaban J connectivity index is 1.87. The van der Waals surface area contributed by atoms with E-state index in [1.54, 1.807) is 0 Å². The van der Waals surface area contributed by atoms with Crippen molar-refractivity contribution in [3.05, 3.63) is 82.9 Å². The summed E-state index contributed by atoms with van der Waals surface area (Å²) in [5, 5.41) is 1.60. The Hall–Kier alpha value is -1.42. The highest BCUT2D eigenvalue weighted by Gasteiger charge is 2.31. The largest absolute Gasteiger partial charge is 0.336 e. The monoisotopic (exact) mass is 418 g/mol. The Bertz CT molecular complexity index is 834. The van der Waals surface area contributed by atoms with Gasteiger partial charge in [-0.25, -0.2) is 4.98 Å². The Morgan fingerprint density at radius 1 is 1.04 bits per heavy atom. The number of nitrogens with zero attached hydrogens (tertiary/aromatic N) is 2. The third-order valence-corrected chi connectivity index (χ3v) is 6.92. The molecular formula is C22H24Cl2N2S. The summed E-state index contributed by atoms with van der Waals surface area (Å²) in [5.74, 6) is 0. The standard InChI is InChI=1S/C22H24Cl2N2S/c1-2-12-22(16-26-15-14-25-17-26,27-21-6-4-3-5-20(21)24)13-11-18-7-9-19(23)10-8-18/h3-10,14-15,17H,2,11-13,16H2,1H3. The van der Waals surface area contributed by atoms with Gasteiger partial charge in [0.1, 0.15) is 0 Å². The summed E-state index contributed by atoms with van der Waals surface area (Å²) in [6.07, 6.45) is 10.1. The van der Waals surface area contributed by atoms with E-state index in [1.165, 1.54) is 5.56 Å². The quantitative estimate of drug-likeness (QED) is 0.343. The maximum absolute atomic E-state index is 6.49. The van der Waals surface area contributed by atoms with Crippen molar-refractivity contribution in [2.24, 2.45) is 0 Å². The van der Waals surface area contributed by atoms with Crippen LogP contribution in [0.4, 0.5) is 0 Å². The molecule has 2 nitrogen and oxygen atoms in total. The molecule has 0 amide bonds. The molecule has 27 heavy (non-hydrogen) atoms. The zero-order valence-corrected chi connectivity index (χ0v) is 17.8. The zero-order chi connectivity index (χ0) is 19.1. The van der Waals surface area contributed by atoms with Crippen LogP contribution in [0.5, 0.6) is 0 Å². The van der Waals surface area contributed by atoms with E-state index in [9.17, 15) is 0 Å². The topological polar surface area (TPSA) is 17.8 Å².